The molecule has 8 nitrogen and oxygen atoms in total. The number of carbonyl (C=O) groups is 2. The van der Waals surface area contributed by atoms with Crippen LogP contribution < -0.4 is 16.0 Å². The van der Waals surface area contributed by atoms with Gasteiger partial charge in [0.15, 0.2) is 0 Å². The molecule has 0 radical (unpaired) electrons. The van der Waals surface area contributed by atoms with Crippen LogP contribution in [0.3, 0.4) is 0 Å². The zero-order valence-corrected chi connectivity index (χ0v) is 11.2. The highest BCUT2D eigenvalue weighted by Gasteiger charge is 2.20. The van der Waals surface area contributed by atoms with E-state index in [4.69, 9.17) is 0 Å². The van der Waals surface area contributed by atoms with Crippen LogP contribution >= 0.6 is 0 Å². The highest BCUT2D eigenvalue weighted by molar-refractivity contribution is 6.01. The zero-order valence-electron chi connectivity index (χ0n) is 11.2. The molecular weight excluding hydrogens is 264 g/mol. The van der Waals surface area contributed by atoms with E-state index < -0.39 is 10.8 Å². The molecule has 20 heavy (non-hydrogen) atoms. The van der Waals surface area contributed by atoms with E-state index in [0.717, 1.165) is 0 Å². The largest absolute Gasteiger partial charge is 0.382 e. The molecule has 8 heteroatoms. The van der Waals surface area contributed by atoms with E-state index in [9.17, 15) is 19.7 Å². The second-order valence-electron chi connectivity index (χ2n) is 3.89. The van der Waals surface area contributed by atoms with E-state index in [1.165, 1.54) is 32.3 Å². The van der Waals surface area contributed by atoms with Gasteiger partial charge in [-0.05, 0) is 6.07 Å². The monoisotopic (exact) mass is 280 g/mol. The van der Waals surface area contributed by atoms with Crippen LogP contribution in [0.15, 0.2) is 18.2 Å². The molecule has 1 aromatic rings. The molecule has 0 aliphatic heterocycles. The number of nitrogens with zero attached hydrogens (tertiary/aromatic N) is 1. The van der Waals surface area contributed by atoms with Gasteiger partial charge in [0, 0.05) is 33.1 Å². The standard InChI is InChI=1S/C12H16N4O4/c1-13-10(17)6-7-15-12(18)8-4-3-5-9(16(19)20)11(8)14-2/h3-5,14H,6-7H2,1-2H3,(H,13,17)(H,15,18). The third-order valence-corrected chi connectivity index (χ3v) is 2.65. The highest BCUT2D eigenvalue weighted by atomic mass is 16.6. The molecule has 0 aromatic heterocycles. The van der Waals surface area contributed by atoms with Gasteiger partial charge in [0.2, 0.25) is 5.91 Å². The first-order valence-corrected chi connectivity index (χ1v) is 5.95. The summed E-state index contributed by atoms with van der Waals surface area (Å²) >= 11 is 0. The predicted octanol–water partition coefficient (Wildman–Crippen LogP) is 0.502. The molecule has 2 amide bonds. The van der Waals surface area contributed by atoms with Crippen molar-refractivity contribution in [1.82, 2.24) is 10.6 Å². The molecule has 108 valence electrons. The van der Waals surface area contributed by atoms with Gasteiger partial charge in [-0.25, -0.2) is 0 Å². The number of rotatable bonds is 6. The fraction of sp³-hybridized carbons (Fsp3) is 0.333. The van der Waals surface area contributed by atoms with Crippen molar-refractivity contribution in [3.8, 4) is 0 Å². The molecular formula is C12H16N4O4. The van der Waals surface area contributed by atoms with Gasteiger partial charge in [-0.3, -0.25) is 19.7 Å². The van der Waals surface area contributed by atoms with Gasteiger partial charge in [0.25, 0.3) is 11.6 Å². The maximum Gasteiger partial charge on any atom is 0.293 e. The van der Waals surface area contributed by atoms with Crippen molar-refractivity contribution in [2.24, 2.45) is 0 Å². The SMILES string of the molecule is CNC(=O)CCNC(=O)c1cccc([N+](=O)[O-])c1NC. The van der Waals surface area contributed by atoms with E-state index in [2.05, 4.69) is 16.0 Å². The average Bonchev–Trinajstić information content (AvgIpc) is 2.45. The molecule has 3 N–H and O–H groups in total. The molecule has 0 atom stereocenters. The molecule has 0 aliphatic carbocycles. The number of nitro benzene ring substituents is 1. The minimum Gasteiger partial charge on any atom is -0.382 e. The topological polar surface area (TPSA) is 113 Å². The van der Waals surface area contributed by atoms with Crippen LogP contribution in [0.2, 0.25) is 0 Å². The minimum atomic E-state index is -0.562. The Bertz CT molecular complexity index is 530. The van der Waals surface area contributed by atoms with E-state index in [-0.39, 0.29) is 35.8 Å². The Hall–Kier alpha value is -2.64. The van der Waals surface area contributed by atoms with Gasteiger partial charge in [-0.1, -0.05) is 6.07 Å². The van der Waals surface area contributed by atoms with Crippen molar-refractivity contribution in [2.45, 2.75) is 6.42 Å². The van der Waals surface area contributed by atoms with Gasteiger partial charge in [0.05, 0.1) is 10.5 Å². The van der Waals surface area contributed by atoms with E-state index >= 15 is 0 Å². The summed E-state index contributed by atoms with van der Waals surface area (Å²) in [5.41, 5.74) is 0.139. The van der Waals surface area contributed by atoms with Gasteiger partial charge < -0.3 is 16.0 Å². The molecule has 0 aliphatic rings. The number of para-hydroxylation sites is 1. The smallest absolute Gasteiger partial charge is 0.293 e. The van der Waals surface area contributed by atoms with E-state index in [1.54, 1.807) is 0 Å². The van der Waals surface area contributed by atoms with Gasteiger partial charge >= 0.3 is 0 Å². The Labute approximate surface area is 115 Å². The van der Waals surface area contributed by atoms with Crippen molar-refractivity contribution >= 4 is 23.2 Å². The maximum absolute atomic E-state index is 12.0. The lowest BCUT2D eigenvalue weighted by molar-refractivity contribution is -0.384. The van der Waals surface area contributed by atoms with Crippen molar-refractivity contribution < 1.29 is 14.5 Å². The maximum atomic E-state index is 12.0. The van der Waals surface area contributed by atoms with Gasteiger partial charge in [0.1, 0.15) is 5.69 Å². The average molecular weight is 280 g/mol. The molecule has 0 unspecified atom stereocenters. The van der Waals surface area contributed by atoms with E-state index in [0.29, 0.717) is 0 Å². The molecule has 1 rings (SSSR count). The van der Waals surface area contributed by atoms with Crippen LogP contribution in [-0.2, 0) is 4.79 Å². The van der Waals surface area contributed by atoms with Crippen LogP contribution in [0, 0.1) is 10.1 Å². The molecule has 1 aromatic carbocycles. The van der Waals surface area contributed by atoms with Crippen molar-refractivity contribution in [2.75, 3.05) is 26.0 Å². The Balaban J connectivity index is 2.85. The number of benzene rings is 1. The Morgan fingerprint density at radius 1 is 1.30 bits per heavy atom. The predicted molar refractivity (Wildman–Crippen MR) is 73.7 cm³/mol. The number of nitrogens with one attached hydrogen (secondary N) is 3. The fourth-order valence-electron chi connectivity index (χ4n) is 1.65. The third kappa shape index (κ3) is 3.67. The lowest BCUT2D eigenvalue weighted by Gasteiger charge is -2.09. The summed E-state index contributed by atoms with van der Waals surface area (Å²) in [5, 5.41) is 18.5. The second-order valence-corrected chi connectivity index (χ2v) is 3.89. The first kappa shape index (κ1) is 15.4. The molecule has 0 fully saturated rings. The van der Waals surface area contributed by atoms with Crippen LogP contribution in [-0.4, -0.2) is 37.4 Å². The summed E-state index contributed by atoms with van der Waals surface area (Å²) in [4.78, 5) is 33.3. The molecule has 0 saturated carbocycles. The summed E-state index contributed by atoms with van der Waals surface area (Å²) in [6, 6.07) is 4.23. The normalized spacial score (nSPS) is 9.70. The van der Waals surface area contributed by atoms with Crippen LogP contribution in [0.5, 0.6) is 0 Å². The minimum absolute atomic E-state index is 0.145. The van der Waals surface area contributed by atoms with E-state index in [1.807, 2.05) is 0 Å². The first-order chi connectivity index (χ1) is 9.51. The van der Waals surface area contributed by atoms with Gasteiger partial charge in [-0.2, -0.15) is 0 Å². The summed E-state index contributed by atoms with van der Waals surface area (Å²) in [5.74, 6) is -0.667. The molecule has 0 saturated heterocycles. The number of hydrogen-bond donors (Lipinski definition) is 3. The summed E-state index contributed by atoms with van der Waals surface area (Å²) in [6.07, 6.45) is 0.145. The van der Waals surface area contributed by atoms with Gasteiger partial charge in [-0.15, -0.1) is 0 Å². The number of carbonyl (C=O) groups excluding carboxylic acids is 2. The Kier molecular flexibility index (Phi) is 5.45. The number of hydrogen-bond acceptors (Lipinski definition) is 5. The van der Waals surface area contributed by atoms with Crippen LogP contribution in [0.25, 0.3) is 0 Å². The van der Waals surface area contributed by atoms with Crippen molar-refractivity contribution in [3.05, 3.63) is 33.9 Å². The van der Waals surface area contributed by atoms with Crippen LogP contribution in [0.4, 0.5) is 11.4 Å². The molecule has 0 heterocycles. The number of amides is 2. The summed E-state index contributed by atoms with van der Waals surface area (Å²) < 4.78 is 0. The lowest BCUT2D eigenvalue weighted by atomic mass is 10.1. The quantitative estimate of drug-likeness (QED) is 0.519. The third-order valence-electron chi connectivity index (χ3n) is 2.65. The second kappa shape index (κ2) is 7.07. The Morgan fingerprint density at radius 3 is 2.55 bits per heavy atom. The molecule has 0 bridgehead atoms. The highest BCUT2D eigenvalue weighted by Crippen LogP contribution is 2.27. The first-order valence-electron chi connectivity index (χ1n) is 5.95. The lowest BCUT2D eigenvalue weighted by Crippen LogP contribution is -2.29. The van der Waals surface area contributed by atoms with Crippen molar-refractivity contribution in [1.29, 1.82) is 0 Å². The summed E-state index contributed by atoms with van der Waals surface area (Å²) in [7, 11) is 3.01. The number of nitro groups is 1. The zero-order chi connectivity index (χ0) is 15.1. The van der Waals surface area contributed by atoms with Crippen molar-refractivity contribution in [3.63, 3.8) is 0 Å². The molecule has 0 spiro atoms. The fourth-order valence-corrected chi connectivity index (χ4v) is 1.65. The number of anilines is 1. The Morgan fingerprint density at radius 2 is 2.00 bits per heavy atom. The summed E-state index contributed by atoms with van der Waals surface area (Å²) in [6.45, 7) is 0.157. The van der Waals surface area contributed by atoms with Crippen LogP contribution in [0.1, 0.15) is 16.8 Å².